The Bertz CT molecular complexity index is 909. The Morgan fingerprint density at radius 1 is 1.15 bits per heavy atom. The average Bonchev–Trinajstić information content (AvgIpc) is 3.17. The third-order valence-electron chi connectivity index (χ3n) is 4.34. The molecule has 0 spiro atoms. The Balaban J connectivity index is 1.81. The monoisotopic (exact) mass is 382 g/mol. The summed E-state index contributed by atoms with van der Waals surface area (Å²) >= 11 is 1.39. The summed E-state index contributed by atoms with van der Waals surface area (Å²) in [6.07, 6.45) is 0.720. The summed E-state index contributed by atoms with van der Waals surface area (Å²) in [5, 5.41) is 5.41. The summed E-state index contributed by atoms with van der Waals surface area (Å²) in [4.78, 5) is 17.3. The number of methoxy groups -OCH3 is 2. The zero-order chi connectivity index (χ0) is 19.2. The van der Waals surface area contributed by atoms with Crippen LogP contribution < -0.4 is 14.8 Å². The van der Waals surface area contributed by atoms with E-state index in [-0.39, 0.29) is 11.8 Å². The van der Waals surface area contributed by atoms with Crippen molar-refractivity contribution in [2.75, 3.05) is 19.5 Å². The smallest absolute Gasteiger partial charge is 0.233 e. The van der Waals surface area contributed by atoms with Gasteiger partial charge in [-0.2, -0.15) is 0 Å². The minimum Gasteiger partial charge on any atom is -0.497 e. The number of carbonyl (C=O) groups is 1. The molecule has 0 saturated carbocycles. The van der Waals surface area contributed by atoms with Crippen molar-refractivity contribution in [3.05, 3.63) is 59.5 Å². The number of nitrogens with one attached hydrogen (secondary N) is 1. The summed E-state index contributed by atoms with van der Waals surface area (Å²) in [6, 6.07) is 15.3. The predicted molar refractivity (Wildman–Crippen MR) is 109 cm³/mol. The molecular weight excluding hydrogens is 360 g/mol. The number of carbonyl (C=O) groups excluding carboxylic acids is 1. The Labute approximate surface area is 163 Å². The number of rotatable bonds is 7. The van der Waals surface area contributed by atoms with Gasteiger partial charge in [0, 0.05) is 10.9 Å². The first kappa shape index (κ1) is 18.9. The van der Waals surface area contributed by atoms with E-state index in [2.05, 4.69) is 10.3 Å². The molecule has 0 saturated heterocycles. The van der Waals surface area contributed by atoms with Gasteiger partial charge in [-0.25, -0.2) is 4.98 Å². The maximum atomic E-state index is 12.7. The van der Waals surface area contributed by atoms with Gasteiger partial charge in [0.25, 0.3) is 0 Å². The minimum absolute atomic E-state index is 0.0535. The average molecular weight is 382 g/mol. The Hall–Kier alpha value is -2.86. The second-order valence-electron chi connectivity index (χ2n) is 5.96. The molecule has 2 aromatic carbocycles. The van der Waals surface area contributed by atoms with Crippen LogP contribution in [0.1, 0.15) is 24.8 Å². The summed E-state index contributed by atoms with van der Waals surface area (Å²) in [6.45, 7) is 2.01. The highest BCUT2D eigenvalue weighted by atomic mass is 32.1. The van der Waals surface area contributed by atoms with Gasteiger partial charge in [0.2, 0.25) is 5.91 Å². The SMILES string of the molecule is CCC(C(=O)Nc1nc(-c2cc(OC)ccc2OC)cs1)c1ccccc1. The quantitative estimate of drug-likeness (QED) is 0.627. The lowest BCUT2D eigenvalue weighted by Crippen LogP contribution is -2.20. The molecule has 1 N–H and O–H groups in total. The van der Waals surface area contributed by atoms with E-state index in [4.69, 9.17) is 9.47 Å². The maximum Gasteiger partial charge on any atom is 0.233 e. The van der Waals surface area contributed by atoms with Crippen molar-refractivity contribution in [2.45, 2.75) is 19.3 Å². The van der Waals surface area contributed by atoms with Crippen LogP contribution in [0, 0.1) is 0 Å². The van der Waals surface area contributed by atoms with Crippen LogP contribution in [0.25, 0.3) is 11.3 Å². The van der Waals surface area contributed by atoms with Gasteiger partial charge in [-0.1, -0.05) is 37.3 Å². The standard InChI is InChI=1S/C21H22N2O3S/c1-4-16(14-8-6-5-7-9-14)20(24)23-21-22-18(13-27-21)17-12-15(25-2)10-11-19(17)26-3/h5-13,16H,4H2,1-3H3,(H,22,23,24). The number of hydrogen-bond acceptors (Lipinski definition) is 5. The zero-order valence-electron chi connectivity index (χ0n) is 15.6. The van der Waals surface area contributed by atoms with E-state index in [1.54, 1.807) is 14.2 Å². The lowest BCUT2D eigenvalue weighted by Gasteiger charge is -2.14. The molecule has 0 aliphatic carbocycles. The van der Waals surface area contributed by atoms with Crippen LogP contribution in [0.15, 0.2) is 53.9 Å². The van der Waals surface area contributed by atoms with E-state index < -0.39 is 0 Å². The molecule has 3 rings (SSSR count). The topological polar surface area (TPSA) is 60.5 Å². The van der Waals surface area contributed by atoms with Crippen LogP contribution >= 0.6 is 11.3 Å². The lowest BCUT2D eigenvalue weighted by molar-refractivity contribution is -0.117. The molecule has 5 nitrogen and oxygen atoms in total. The molecule has 0 fully saturated rings. The molecule has 1 unspecified atom stereocenters. The molecule has 1 heterocycles. The Morgan fingerprint density at radius 3 is 2.59 bits per heavy atom. The Morgan fingerprint density at radius 2 is 1.93 bits per heavy atom. The van der Waals surface area contributed by atoms with Crippen molar-refractivity contribution < 1.29 is 14.3 Å². The third kappa shape index (κ3) is 4.28. The van der Waals surface area contributed by atoms with E-state index in [0.29, 0.717) is 10.9 Å². The van der Waals surface area contributed by atoms with Crippen molar-refractivity contribution in [3.63, 3.8) is 0 Å². The van der Waals surface area contributed by atoms with E-state index in [1.807, 2.05) is 60.8 Å². The van der Waals surface area contributed by atoms with E-state index >= 15 is 0 Å². The third-order valence-corrected chi connectivity index (χ3v) is 5.10. The van der Waals surface area contributed by atoms with Gasteiger partial charge in [-0.05, 0) is 30.2 Å². The number of thiazole rings is 1. The summed E-state index contributed by atoms with van der Waals surface area (Å²) < 4.78 is 10.7. The van der Waals surface area contributed by atoms with Crippen molar-refractivity contribution in [1.29, 1.82) is 0 Å². The number of ether oxygens (including phenoxy) is 2. The number of nitrogens with zero attached hydrogens (tertiary/aromatic N) is 1. The highest BCUT2D eigenvalue weighted by Gasteiger charge is 2.20. The van der Waals surface area contributed by atoms with Crippen molar-refractivity contribution in [3.8, 4) is 22.8 Å². The second-order valence-corrected chi connectivity index (χ2v) is 6.82. The van der Waals surface area contributed by atoms with Gasteiger partial charge in [0.15, 0.2) is 5.13 Å². The van der Waals surface area contributed by atoms with Crippen LogP contribution in [0.2, 0.25) is 0 Å². The first-order valence-electron chi connectivity index (χ1n) is 8.70. The van der Waals surface area contributed by atoms with Crippen molar-refractivity contribution in [1.82, 2.24) is 4.98 Å². The molecule has 1 aromatic heterocycles. The predicted octanol–water partition coefficient (Wildman–Crippen LogP) is 4.96. The number of amides is 1. The van der Waals surface area contributed by atoms with E-state index in [1.165, 1.54) is 11.3 Å². The fraction of sp³-hybridized carbons (Fsp3) is 0.238. The van der Waals surface area contributed by atoms with E-state index in [0.717, 1.165) is 29.0 Å². The van der Waals surface area contributed by atoms with Crippen molar-refractivity contribution in [2.24, 2.45) is 0 Å². The molecule has 0 aliphatic heterocycles. The number of hydrogen-bond donors (Lipinski definition) is 1. The molecule has 0 radical (unpaired) electrons. The summed E-state index contributed by atoms with van der Waals surface area (Å²) in [7, 11) is 3.23. The van der Waals surface area contributed by atoms with Gasteiger partial charge >= 0.3 is 0 Å². The molecule has 140 valence electrons. The molecular formula is C21H22N2O3S. The van der Waals surface area contributed by atoms with E-state index in [9.17, 15) is 4.79 Å². The largest absolute Gasteiger partial charge is 0.497 e. The van der Waals surface area contributed by atoms with Crippen LogP contribution in [0.4, 0.5) is 5.13 Å². The fourth-order valence-corrected chi connectivity index (χ4v) is 3.63. The molecule has 0 bridgehead atoms. The molecule has 27 heavy (non-hydrogen) atoms. The number of aromatic nitrogens is 1. The lowest BCUT2D eigenvalue weighted by atomic mass is 9.96. The molecule has 1 amide bonds. The number of benzene rings is 2. The fourth-order valence-electron chi connectivity index (χ4n) is 2.92. The summed E-state index contributed by atoms with van der Waals surface area (Å²) in [5.41, 5.74) is 2.56. The normalized spacial score (nSPS) is 11.7. The minimum atomic E-state index is -0.204. The highest BCUT2D eigenvalue weighted by molar-refractivity contribution is 7.14. The molecule has 6 heteroatoms. The van der Waals surface area contributed by atoms with Gasteiger partial charge in [0.05, 0.1) is 25.8 Å². The van der Waals surface area contributed by atoms with Crippen LogP contribution in [0.3, 0.4) is 0 Å². The van der Waals surface area contributed by atoms with Crippen LogP contribution in [-0.4, -0.2) is 25.1 Å². The molecule has 3 aromatic rings. The van der Waals surface area contributed by atoms with Crippen LogP contribution in [0.5, 0.6) is 11.5 Å². The van der Waals surface area contributed by atoms with Gasteiger partial charge < -0.3 is 14.8 Å². The van der Waals surface area contributed by atoms with Gasteiger partial charge in [-0.3, -0.25) is 4.79 Å². The first-order chi connectivity index (χ1) is 13.2. The van der Waals surface area contributed by atoms with Gasteiger partial charge in [-0.15, -0.1) is 11.3 Å². The molecule has 1 atom stereocenters. The number of anilines is 1. The Kier molecular flexibility index (Phi) is 6.08. The van der Waals surface area contributed by atoms with Crippen molar-refractivity contribution >= 4 is 22.4 Å². The first-order valence-corrected chi connectivity index (χ1v) is 9.58. The molecule has 0 aliphatic rings. The van der Waals surface area contributed by atoms with Gasteiger partial charge in [0.1, 0.15) is 11.5 Å². The summed E-state index contributed by atoms with van der Waals surface area (Å²) in [5.74, 6) is 1.17. The highest BCUT2D eigenvalue weighted by Crippen LogP contribution is 2.35. The maximum absolute atomic E-state index is 12.7. The zero-order valence-corrected chi connectivity index (χ0v) is 16.4. The second kappa shape index (κ2) is 8.68. The van der Waals surface area contributed by atoms with Crippen LogP contribution in [-0.2, 0) is 4.79 Å².